The van der Waals surface area contributed by atoms with Gasteiger partial charge in [-0.1, -0.05) is 0 Å². The zero-order valence-corrected chi connectivity index (χ0v) is 18.4. The van der Waals surface area contributed by atoms with Crippen LogP contribution in [0.25, 0.3) is 0 Å². The first-order valence-electron chi connectivity index (χ1n) is 9.68. The molecule has 0 saturated carbocycles. The van der Waals surface area contributed by atoms with Crippen LogP contribution in [0.2, 0.25) is 0 Å². The quantitative estimate of drug-likeness (QED) is 0.452. The minimum absolute atomic E-state index is 0.0810. The summed E-state index contributed by atoms with van der Waals surface area (Å²) in [6, 6.07) is 9.60. The minimum Gasteiger partial charge on any atom is -0.495 e. The van der Waals surface area contributed by atoms with E-state index in [1.807, 2.05) is 4.90 Å². The van der Waals surface area contributed by atoms with Gasteiger partial charge in [-0.2, -0.15) is 0 Å². The number of anilines is 2. The predicted octanol–water partition coefficient (Wildman–Crippen LogP) is 1.86. The van der Waals surface area contributed by atoms with Crippen molar-refractivity contribution >= 4 is 33.0 Å². The Morgan fingerprint density at radius 3 is 2.31 bits per heavy atom. The zero-order valence-electron chi connectivity index (χ0n) is 17.6. The summed E-state index contributed by atoms with van der Waals surface area (Å²) in [5, 5.41) is 11.2. The van der Waals surface area contributed by atoms with Crippen LogP contribution in [-0.4, -0.2) is 70.2 Å². The summed E-state index contributed by atoms with van der Waals surface area (Å²) in [7, 11) is -2.64. The first kappa shape index (κ1) is 23.3. The lowest BCUT2D eigenvalue weighted by atomic mass is 10.2. The molecule has 0 aromatic heterocycles. The molecule has 0 atom stereocenters. The maximum Gasteiger partial charge on any atom is 0.271 e. The molecule has 10 nitrogen and oxygen atoms in total. The fourth-order valence-corrected chi connectivity index (χ4v) is 4.30. The number of nitro groups is 1. The van der Waals surface area contributed by atoms with Gasteiger partial charge in [-0.15, -0.1) is 0 Å². The van der Waals surface area contributed by atoms with Crippen LogP contribution in [0.3, 0.4) is 0 Å². The molecule has 1 aliphatic rings. The molecule has 0 unspecified atom stereocenters. The largest absolute Gasteiger partial charge is 0.495 e. The van der Waals surface area contributed by atoms with Crippen molar-refractivity contribution in [1.29, 1.82) is 0 Å². The number of piperazine rings is 1. The van der Waals surface area contributed by atoms with E-state index < -0.39 is 27.4 Å². The van der Waals surface area contributed by atoms with Gasteiger partial charge in [0.05, 0.1) is 18.3 Å². The van der Waals surface area contributed by atoms with Crippen molar-refractivity contribution in [3.8, 4) is 5.75 Å². The third-order valence-corrected chi connectivity index (χ3v) is 6.27. The number of rotatable bonds is 7. The molecule has 1 fully saturated rings. The summed E-state index contributed by atoms with van der Waals surface area (Å²) >= 11 is 0. The third kappa shape index (κ3) is 5.25. The van der Waals surface area contributed by atoms with Crippen LogP contribution in [0.5, 0.6) is 5.75 Å². The lowest BCUT2D eigenvalue weighted by Gasteiger charge is -2.37. The molecule has 1 saturated heterocycles. The van der Waals surface area contributed by atoms with Crippen molar-refractivity contribution in [2.75, 3.05) is 55.3 Å². The van der Waals surface area contributed by atoms with Gasteiger partial charge in [0.1, 0.15) is 23.8 Å². The average molecular weight is 466 g/mol. The molecule has 0 aliphatic carbocycles. The van der Waals surface area contributed by atoms with E-state index in [0.29, 0.717) is 26.2 Å². The highest BCUT2D eigenvalue weighted by Gasteiger charge is 2.29. The third-order valence-electron chi connectivity index (χ3n) is 5.15. The van der Waals surface area contributed by atoms with Crippen LogP contribution in [0.4, 0.5) is 21.5 Å². The summed E-state index contributed by atoms with van der Waals surface area (Å²) in [4.78, 5) is 26.9. The molecule has 1 amide bonds. The second kappa shape index (κ2) is 9.39. The first-order chi connectivity index (χ1) is 15.1. The van der Waals surface area contributed by atoms with Crippen molar-refractivity contribution in [3.05, 3.63) is 58.4 Å². The van der Waals surface area contributed by atoms with Gasteiger partial charge in [0.15, 0.2) is 0 Å². The van der Waals surface area contributed by atoms with Gasteiger partial charge in [0.2, 0.25) is 15.9 Å². The molecule has 0 radical (unpaired) electrons. The predicted molar refractivity (Wildman–Crippen MR) is 117 cm³/mol. The fourth-order valence-electron chi connectivity index (χ4n) is 3.46. The smallest absolute Gasteiger partial charge is 0.271 e. The van der Waals surface area contributed by atoms with Gasteiger partial charge in [-0.3, -0.25) is 19.2 Å². The fraction of sp³-hybridized carbons (Fsp3) is 0.350. The van der Waals surface area contributed by atoms with Gasteiger partial charge in [-0.25, -0.2) is 12.8 Å². The Morgan fingerprint density at radius 2 is 1.78 bits per heavy atom. The van der Waals surface area contributed by atoms with E-state index in [1.165, 1.54) is 36.3 Å². The van der Waals surface area contributed by atoms with Crippen LogP contribution >= 0.6 is 0 Å². The second-order valence-electron chi connectivity index (χ2n) is 7.23. The summed E-state index contributed by atoms with van der Waals surface area (Å²) in [5.74, 6) is -0.683. The standard InChI is InChI=1S/C20H23FN4O6S/c1-31-19-8-7-17(25(27)28)13-18(19)24(32(2,29)30)14-20(26)23-11-9-22(10-12-23)16-5-3-15(21)4-6-16/h3-8,13H,9-12,14H2,1-2H3. The lowest BCUT2D eigenvalue weighted by Crippen LogP contribution is -2.52. The second-order valence-corrected chi connectivity index (χ2v) is 9.13. The van der Waals surface area contributed by atoms with E-state index in [9.17, 15) is 27.7 Å². The van der Waals surface area contributed by atoms with E-state index in [4.69, 9.17) is 4.74 Å². The lowest BCUT2D eigenvalue weighted by molar-refractivity contribution is -0.384. The maximum atomic E-state index is 13.1. The Kier molecular flexibility index (Phi) is 6.82. The van der Waals surface area contributed by atoms with E-state index in [0.717, 1.165) is 22.3 Å². The van der Waals surface area contributed by atoms with E-state index in [1.54, 1.807) is 12.1 Å². The minimum atomic E-state index is -3.95. The highest BCUT2D eigenvalue weighted by atomic mass is 32.2. The molecular formula is C20H23FN4O6S. The Bertz CT molecular complexity index is 1100. The van der Waals surface area contributed by atoms with Crippen molar-refractivity contribution in [2.24, 2.45) is 0 Å². The number of benzene rings is 2. The van der Waals surface area contributed by atoms with Crippen molar-refractivity contribution in [2.45, 2.75) is 0 Å². The molecule has 0 spiro atoms. The molecule has 12 heteroatoms. The number of amides is 1. The van der Waals surface area contributed by atoms with Crippen LogP contribution in [0.1, 0.15) is 0 Å². The maximum absolute atomic E-state index is 13.1. The van der Waals surface area contributed by atoms with Crippen molar-refractivity contribution < 1.29 is 27.3 Å². The summed E-state index contributed by atoms with van der Waals surface area (Å²) in [6.45, 7) is 1.17. The summed E-state index contributed by atoms with van der Waals surface area (Å²) < 4.78 is 44.0. The zero-order chi connectivity index (χ0) is 23.5. The Morgan fingerprint density at radius 1 is 1.16 bits per heavy atom. The summed E-state index contributed by atoms with van der Waals surface area (Å²) in [6.07, 6.45) is 0.922. The van der Waals surface area contributed by atoms with E-state index in [-0.39, 0.29) is 22.9 Å². The molecule has 32 heavy (non-hydrogen) atoms. The highest BCUT2D eigenvalue weighted by molar-refractivity contribution is 7.92. The van der Waals surface area contributed by atoms with Crippen molar-refractivity contribution in [3.63, 3.8) is 0 Å². The van der Waals surface area contributed by atoms with E-state index >= 15 is 0 Å². The number of ether oxygens (including phenoxy) is 1. The molecular weight excluding hydrogens is 443 g/mol. The van der Waals surface area contributed by atoms with Crippen LogP contribution in [0.15, 0.2) is 42.5 Å². The average Bonchev–Trinajstić information content (AvgIpc) is 2.76. The number of carbonyl (C=O) groups is 1. The number of halogens is 1. The Labute approximate surface area is 185 Å². The Hall–Kier alpha value is -3.41. The van der Waals surface area contributed by atoms with Gasteiger partial charge in [-0.05, 0) is 30.3 Å². The van der Waals surface area contributed by atoms with Crippen LogP contribution in [-0.2, 0) is 14.8 Å². The molecule has 0 N–H and O–H groups in total. The molecule has 0 bridgehead atoms. The number of nitro benzene ring substituents is 1. The number of methoxy groups -OCH3 is 1. The SMILES string of the molecule is COc1ccc([N+](=O)[O-])cc1N(CC(=O)N1CCN(c2ccc(F)cc2)CC1)S(C)(=O)=O. The molecule has 172 valence electrons. The number of hydrogen-bond donors (Lipinski definition) is 0. The number of non-ortho nitro benzene ring substituents is 1. The van der Waals surface area contributed by atoms with Gasteiger partial charge >= 0.3 is 0 Å². The molecule has 1 aliphatic heterocycles. The molecule has 2 aromatic carbocycles. The molecule has 3 rings (SSSR count). The first-order valence-corrected chi connectivity index (χ1v) is 11.5. The number of nitrogens with zero attached hydrogens (tertiary/aromatic N) is 4. The monoisotopic (exact) mass is 466 g/mol. The normalized spacial score (nSPS) is 14.2. The number of hydrogen-bond acceptors (Lipinski definition) is 7. The Balaban J connectivity index is 1.76. The van der Waals surface area contributed by atoms with Crippen LogP contribution in [0, 0.1) is 15.9 Å². The van der Waals surface area contributed by atoms with Crippen LogP contribution < -0.4 is 13.9 Å². The summed E-state index contributed by atoms with van der Waals surface area (Å²) in [5.41, 5.74) is 0.426. The highest BCUT2D eigenvalue weighted by Crippen LogP contribution is 2.33. The molecule has 2 aromatic rings. The van der Waals surface area contributed by atoms with Gasteiger partial charge in [0.25, 0.3) is 5.69 Å². The van der Waals surface area contributed by atoms with E-state index in [2.05, 4.69) is 0 Å². The number of sulfonamides is 1. The number of carbonyl (C=O) groups excluding carboxylic acids is 1. The van der Waals surface area contributed by atoms with Gasteiger partial charge in [0, 0.05) is 44.0 Å². The van der Waals surface area contributed by atoms with Crippen molar-refractivity contribution in [1.82, 2.24) is 4.90 Å². The molecule has 1 heterocycles. The van der Waals surface area contributed by atoms with Gasteiger partial charge < -0.3 is 14.5 Å². The topological polar surface area (TPSA) is 113 Å².